The van der Waals surface area contributed by atoms with E-state index < -0.39 is 18.0 Å². The minimum Gasteiger partial charge on any atom is -0.394 e. The molecule has 156 valence electrons. The van der Waals surface area contributed by atoms with Crippen LogP contribution in [0.2, 0.25) is 0 Å². The van der Waals surface area contributed by atoms with E-state index in [1.165, 1.54) is 10.8 Å². The third-order valence-electron chi connectivity index (χ3n) is 4.31. The van der Waals surface area contributed by atoms with Crippen molar-refractivity contribution in [2.75, 3.05) is 23.6 Å². The fourth-order valence-corrected chi connectivity index (χ4v) is 4.26. The van der Waals surface area contributed by atoms with Gasteiger partial charge in [-0.25, -0.2) is 4.79 Å². The van der Waals surface area contributed by atoms with Gasteiger partial charge in [0.2, 0.25) is 0 Å². The van der Waals surface area contributed by atoms with Crippen molar-refractivity contribution in [1.82, 2.24) is 9.55 Å². The van der Waals surface area contributed by atoms with Gasteiger partial charge in [-0.15, -0.1) is 0 Å². The maximum absolute atomic E-state index is 12.5. The number of rotatable bonds is 9. The number of aliphatic hydroxyl groups is 1. The van der Waals surface area contributed by atoms with Gasteiger partial charge in [0.15, 0.2) is 0 Å². The first-order valence-corrected chi connectivity index (χ1v) is 11.7. The van der Waals surface area contributed by atoms with E-state index in [1.54, 1.807) is 51.9 Å². The molecule has 8 nitrogen and oxygen atoms in total. The van der Waals surface area contributed by atoms with Gasteiger partial charge < -0.3 is 19.9 Å². The van der Waals surface area contributed by atoms with Crippen molar-refractivity contribution < 1.29 is 19.4 Å². The maximum atomic E-state index is 12.5. The van der Waals surface area contributed by atoms with E-state index in [9.17, 15) is 14.7 Å². The molecule has 2 aromatic rings. The number of aromatic nitrogens is 2. The molecular formula is C19H23N3O5S2. The van der Waals surface area contributed by atoms with Crippen LogP contribution in [0.1, 0.15) is 29.9 Å². The fourth-order valence-electron chi connectivity index (χ4n) is 2.92. The van der Waals surface area contributed by atoms with E-state index >= 15 is 0 Å². The topological polar surface area (TPSA) is 103 Å². The molecule has 1 amide bonds. The summed E-state index contributed by atoms with van der Waals surface area (Å²) >= 11 is 0. The van der Waals surface area contributed by atoms with Gasteiger partial charge in [0.25, 0.3) is 5.91 Å². The number of carbonyl (C=O) groups excluding carboxylic acids is 1. The second-order valence-corrected chi connectivity index (χ2v) is 8.92. The number of benzene rings is 1. The lowest BCUT2D eigenvalue weighted by molar-refractivity contribution is -0.0553. The summed E-state index contributed by atoms with van der Waals surface area (Å²) in [6.07, 6.45) is 0.565. The number of hydrogen-bond acceptors (Lipinski definition) is 8. The third-order valence-corrected chi connectivity index (χ3v) is 6.44. The molecule has 2 N–H and O–H groups in total. The molecule has 3 rings (SSSR count). The number of amides is 1. The van der Waals surface area contributed by atoms with Gasteiger partial charge in [-0.05, 0) is 18.2 Å². The summed E-state index contributed by atoms with van der Waals surface area (Å²) in [4.78, 5) is 28.6. The molecule has 0 saturated carbocycles. The van der Waals surface area contributed by atoms with Crippen LogP contribution in [-0.2, 0) is 9.47 Å². The molecule has 1 saturated heterocycles. The number of nitrogens with one attached hydrogen (secondary N) is 1. The summed E-state index contributed by atoms with van der Waals surface area (Å²) in [5, 5.41) is 12.2. The minimum absolute atomic E-state index is 0.164. The van der Waals surface area contributed by atoms with E-state index in [1.807, 2.05) is 6.07 Å². The van der Waals surface area contributed by atoms with E-state index in [-0.39, 0.29) is 24.4 Å². The Hall–Kier alpha value is -1.85. The van der Waals surface area contributed by atoms with Crippen molar-refractivity contribution in [1.29, 1.82) is 0 Å². The first kappa shape index (κ1) is 21.8. The van der Waals surface area contributed by atoms with Crippen LogP contribution in [0, 0.1) is 0 Å². The predicted octanol–water partition coefficient (Wildman–Crippen LogP) is 2.52. The molecule has 1 aromatic heterocycles. The summed E-state index contributed by atoms with van der Waals surface area (Å²) in [5.74, 6) is 1.28. The zero-order valence-corrected chi connectivity index (χ0v) is 17.5. The number of ether oxygens (including phenoxy) is 2. The standard InChI is InChI=1S/C19H23N3O5S2/c1-2-28-29-12-26-14-10-17(27-15(14)11-23)22-9-8-16(21-19(22)25)20-18(24)13-6-4-3-5-7-13/h3-9,14-15,17,23H,2,10-12H2,1H3,(H,20,21,24,25)/t14-,15+,17+/m0/s1. The lowest BCUT2D eigenvalue weighted by Crippen LogP contribution is -2.29. The zero-order valence-electron chi connectivity index (χ0n) is 15.9. The highest BCUT2D eigenvalue weighted by molar-refractivity contribution is 8.76. The third kappa shape index (κ3) is 5.83. The van der Waals surface area contributed by atoms with Crippen LogP contribution in [0.4, 0.5) is 5.82 Å². The molecule has 1 aliphatic rings. The molecule has 0 spiro atoms. The van der Waals surface area contributed by atoms with Gasteiger partial charge in [-0.1, -0.05) is 46.7 Å². The number of hydrogen-bond donors (Lipinski definition) is 2. The maximum Gasteiger partial charge on any atom is 0.351 e. The Bertz CT molecular complexity index is 864. The zero-order chi connectivity index (χ0) is 20.6. The largest absolute Gasteiger partial charge is 0.394 e. The minimum atomic E-state index is -0.583. The van der Waals surface area contributed by atoms with Crippen molar-refractivity contribution >= 4 is 33.3 Å². The number of nitrogens with zero attached hydrogens (tertiary/aromatic N) is 2. The van der Waals surface area contributed by atoms with Gasteiger partial charge in [0.05, 0.1) is 12.7 Å². The average Bonchev–Trinajstić information content (AvgIpc) is 3.15. The number of carbonyl (C=O) groups is 1. The molecule has 10 heteroatoms. The van der Waals surface area contributed by atoms with E-state index in [2.05, 4.69) is 17.2 Å². The van der Waals surface area contributed by atoms with Crippen LogP contribution < -0.4 is 11.0 Å². The molecular weight excluding hydrogens is 414 g/mol. The summed E-state index contributed by atoms with van der Waals surface area (Å²) in [5.41, 5.74) is -0.0726. The van der Waals surface area contributed by atoms with E-state index in [0.717, 1.165) is 5.75 Å². The van der Waals surface area contributed by atoms with Gasteiger partial charge >= 0.3 is 5.69 Å². The fraction of sp³-hybridized carbons (Fsp3) is 0.421. The van der Waals surface area contributed by atoms with Crippen molar-refractivity contribution in [3.63, 3.8) is 0 Å². The Morgan fingerprint density at radius 1 is 1.34 bits per heavy atom. The van der Waals surface area contributed by atoms with Crippen molar-refractivity contribution in [3.05, 3.63) is 58.6 Å². The summed E-state index contributed by atoms with van der Waals surface area (Å²) < 4.78 is 12.9. The first-order valence-electron chi connectivity index (χ1n) is 9.20. The average molecular weight is 438 g/mol. The monoisotopic (exact) mass is 437 g/mol. The second kappa shape index (κ2) is 10.8. The molecule has 0 bridgehead atoms. The second-order valence-electron chi connectivity index (χ2n) is 6.22. The van der Waals surface area contributed by atoms with Crippen molar-refractivity contribution in [2.45, 2.75) is 31.8 Å². The van der Waals surface area contributed by atoms with Crippen molar-refractivity contribution in [3.8, 4) is 0 Å². The van der Waals surface area contributed by atoms with Crippen LogP contribution in [0.3, 0.4) is 0 Å². The van der Waals surface area contributed by atoms with Crippen LogP contribution in [0.5, 0.6) is 0 Å². The Morgan fingerprint density at radius 3 is 2.83 bits per heavy atom. The molecule has 0 unspecified atom stereocenters. The van der Waals surface area contributed by atoms with Crippen LogP contribution >= 0.6 is 21.6 Å². The Labute approximate surface area is 176 Å². The van der Waals surface area contributed by atoms with Gasteiger partial charge in [-0.3, -0.25) is 9.36 Å². The predicted molar refractivity (Wildman–Crippen MR) is 114 cm³/mol. The Kier molecular flexibility index (Phi) is 8.13. The lowest BCUT2D eigenvalue weighted by atomic mass is 10.2. The molecule has 0 aliphatic carbocycles. The van der Waals surface area contributed by atoms with E-state index in [0.29, 0.717) is 17.9 Å². The molecule has 0 radical (unpaired) electrons. The normalized spacial score (nSPS) is 21.2. The molecule has 29 heavy (non-hydrogen) atoms. The molecule has 1 aromatic carbocycles. The molecule has 2 heterocycles. The number of aliphatic hydroxyl groups excluding tert-OH is 1. The highest BCUT2D eigenvalue weighted by Crippen LogP contribution is 2.31. The van der Waals surface area contributed by atoms with Crippen molar-refractivity contribution in [2.24, 2.45) is 0 Å². The summed E-state index contributed by atoms with van der Waals surface area (Å²) in [7, 11) is 3.29. The lowest BCUT2D eigenvalue weighted by Gasteiger charge is -2.16. The summed E-state index contributed by atoms with van der Waals surface area (Å²) in [6.45, 7) is 1.87. The van der Waals surface area contributed by atoms with Gasteiger partial charge in [-0.2, -0.15) is 4.98 Å². The molecule has 1 aliphatic heterocycles. The molecule has 1 fully saturated rings. The highest BCUT2D eigenvalue weighted by Gasteiger charge is 2.37. The van der Waals surface area contributed by atoms with Crippen LogP contribution in [-0.4, -0.2) is 51.1 Å². The SMILES string of the molecule is CCSSCO[C@H]1C[C@H](n2ccc(NC(=O)c3ccccc3)nc2=O)O[C@@H]1CO. The van der Waals surface area contributed by atoms with Crippen LogP contribution in [0.25, 0.3) is 0 Å². The Morgan fingerprint density at radius 2 is 2.14 bits per heavy atom. The molecule has 3 atom stereocenters. The summed E-state index contributed by atoms with van der Waals surface area (Å²) in [6, 6.07) is 10.2. The van der Waals surface area contributed by atoms with Gasteiger partial charge in [0.1, 0.15) is 24.1 Å². The number of anilines is 1. The van der Waals surface area contributed by atoms with E-state index in [4.69, 9.17) is 9.47 Å². The quantitative estimate of drug-likeness (QED) is 0.350. The smallest absolute Gasteiger partial charge is 0.351 e. The highest BCUT2D eigenvalue weighted by atomic mass is 33.1. The van der Waals surface area contributed by atoms with Crippen LogP contribution in [0.15, 0.2) is 47.4 Å². The van der Waals surface area contributed by atoms with Gasteiger partial charge in [0, 0.05) is 23.9 Å². The Balaban J connectivity index is 1.64. The first-order chi connectivity index (χ1) is 14.1.